The van der Waals surface area contributed by atoms with Crippen molar-refractivity contribution < 1.29 is 17.7 Å². The van der Waals surface area contributed by atoms with Crippen LogP contribution in [0, 0.1) is 24.0 Å². The highest BCUT2D eigenvalue weighted by Crippen LogP contribution is 2.43. The molecule has 7 rings (SSSR count). The first kappa shape index (κ1) is 37.1. The minimum atomic E-state index is -1.18. The van der Waals surface area contributed by atoms with Gasteiger partial charge in [-0.2, -0.15) is 0 Å². The van der Waals surface area contributed by atoms with Crippen LogP contribution in [0.15, 0.2) is 53.2 Å². The Morgan fingerprint density at radius 2 is 1.68 bits per heavy atom. The van der Waals surface area contributed by atoms with E-state index in [1.54, 1.807) is 24.7 Å². The van der Waals surface area contributed by atoms with Gasteiger partial charge in [-0.25, -0.2) is 52.6 Å². The number of hydrogen-bond acceptors (Lipinski definition) is 12. The average molecular weight is 764 g/mol. The first-order valence-corrected chi connectivity index (χ1v) is 19.5. The Morgan fingerprint density at radius 3 is 2.32 bits per heavy atom. The van der Waals surface area contributed by atoms with Gasteiger partial charge >= 0.3 is 0 Å². The molecule has 6 heterocycles. The molecular weight excluding hydrogens is 721 g/mol. The Hall–Kier alpha value is -4.19. The zero-order valence-corrected chi connectivity index (χ0v) is 32.4. The number of hydrogen-bond donors (Lipinski definition) is 2. The molecule has 0 radical (unpaired) electrons. The number of ether oxygens (including phenoxy) is 1. The molecule has 4 aromatic heterocycles. The number of anilines is 3. The van der Waals surface area contributed by atoms with Crippen LogP contribution in [0.2, 0.25) is 0 Å². The summed E-state index contributed by atoms with van der Waals surface area (Å²) in [7, 11) is -1.18. The predicted molar refractivity (Wildman–Crippen MR) is 201 cm³/mol. The Morgan fingerprint density at radius 1 is 0.962 bits per heavy atom. The van der Waals surface area contributed by atoms with Crippen LogP contribution in [0.4, 0.5) is 26.4 Å². The summed E-state index contributed by atoms with van der Waals surface area (Å²) in [5.41, 5.74) is 0.929. The molecule has 2 fully saturated rings. The molecule has 0 aliphatic carbocycles. The van der Waals surface area contributed by atoms with Gasteiger partial charge in [0.15, 0.2) is 17.5 Å². The highest BCUT2D eigenvalue weighted by Gasteiger charge is 2.50. The third-order valence-electron chi connectivity index (χ3n) is 9.79. The molecule has 0 unspecified atom stereocenters. The second-order valence-electron chi connectivity index (χ2n) is 14.9. The molecule has 2 N–H and O–H groups in total. The lowest BCUT2D eigenvalue weighted by atomic mass is 9.73. The largest absolute Gasteiger partial charge is 0.376 e. The van der Waals surface area contributed by atoms with Crippen molar-refractivity contribution in [2.45, 2.75) is 94.3 Å². The van der Waals surface area contributed by atoms with Gasteiger partial charge in [0.1, 0.15) is 32.9 Å². The van der Waals surface area contributed by atoms with Crippen LogP contribution in [0.5, 0.6) is 0 Å². The summed E-state index contributed by atoms with van der Waals surface area (Å²) in [6.07, 6.45) is 9.41. The molecule has 2 aliphatic heterocycles. The molecule has 13 nitrogen and oxygen atoms in total. The molecule has 0 bridgehead atoms. The molecular formula is C36H43F2N11O2S2. The number of aromatic nitrogens is 8. The number of fused-ring (bicyclic) bond motifs is 1. The summed E-state index contributed by atoms with van der Waals surface area (Å²) in [5, 5.41) is 4.22. The van der Waals surface area contributed by atoms with Gasteiger partial charge in [0, 0.05) is 30.1 Å². The van der Waals surface area contributed by atoms with Gasteiger partial charge < -0.3 is 19.5 Å². The van der Waals surface area contributed by atoms with E-state index in [1.807, 2.05) is 46.1 Å². The number of nitrogens with zero attached hydrogens (tertiary/aromatic N) is 9. The van der Waals surface area contributed by atoms with Crippen molar-refractivity contribution >= 4 is 51.4 Å². The van der Waals surface area contributed by atoms with E-state index in [1.165, 1.54) is 24.0 Å². The van der Waals surface area contributed by atoms with Crippen molar-refractivity contribution in [3.8, 4) is 11.3 Å². The summed E-state index contributed by atoms with van der Waals surface area (Å²) in [4.78, 5) is 33.2. The number of halogens is 2. The smallest absolute Gasteiger partial charge is 0.229 e. The molecule has 2 saturated heterocycles. The lowest BCUT2D eigenvalue weighted by molar-refractivity contribution is 0.0973. The highest BCUT2D eigenvalue weighted by atomic mass is 32.2. The Kier molecular flexibility index (Phi) is 10.2. The van der Waals surface area contributed by atoms with Crippen molar-refractivity contribution in [1.29, 1.82) is 0 Å². The monoisotopic (exact) mass is 763 g/mol. The van der Waals surface area contributed by atoms with Crippen molar-refractivity contribution in [1.82, 2.24) is 44.2 Å². The molecule has 0 amide bonds. The van der Waals surface area contributed by atoms with E-state index in [0.717, 1.165) is 37.9 Å². The maximum atomic E-state index is 15.1. The van der Waals surface area contributed by atoms with Gasteiger partial charge in [0.05, 0.1) is 71.0 Å². The quantitative estimate of drug-likeness (QED) is 0.168. The predicted octanol–water partition coefficient (Wildman–Crippen LogP) is 6.56. The summed E-state index contributed by atoms with van der Waals surface area (Å²) in [6, 6.07) is 2.98. The van der Waals surface area contributed by atoms with Crippen LogP contribution in [0.3, 0.4) is 0 Å². The van der Waals surface area contributed by atoms with Gasteiger partial charge in [-0.15, -0.1) is 0 Å². The lowest BCUT2D eigenvalue weighted by Gasteiger charge is -2.43. The molecule has 0 saturated carbocycles. The maximum Gasteiger partial charge on any atom is 0.229 e. The summed E-state index contributed by atoms with van der Waals surface area (Å²) in [6.45, 7) is 16.0. The van der Waals surface area contributed by atoms with E-state index in [0.29, 0.717) is 33.8 Å². The van der Waals surface area contributed by atoms with Gasteiger partial charge in [-0.3, -0.25) is 0 Å². The summed E-state index contributed by atoms with van der Waals surface area (Å²) < 4.78 is 54.0. The van der Waals surface area contributed by atoms with Crippen LogP contribution >= 0.6 is 11.8 Å². The molecule has 280 valence electrons. The van der Waals surface area contributed by atoms with E-state index in [4.69, 9.17) is 4.74 Å². The number of imidazole rings is 1. The van der Waals surface area contributed by atoms with Gasteiger partial charge in [0.2, 0.25) is 5.95 Å². The third kappa shape index (κ3) is 7.61. The van der Waals surface area contributed by atoms with Crippen molar-refractivity contribution in [2.24, 2.45) is 5.41 Å². The molecule has 1 aromatic carbocycles. The van der Waals surface area contributed by atoms with E-state index in [9.17, 15) is 8.60 Å². The molecule has 3 atom stereocenters. The molecule has 1 spiro atoms. The van der Waals surface area contributed by atoms with E-state index in [2.05, 4.69) is 56.8 Å². The second-order valence-corrected chi connectivity index (χ2v) is 17.9. The van der Waals surface area contributed by atoms with Crippen LogP contribution in [0.25, 0.3) is 22.3 Å². The molecule has 17 heteroatoms. The van der Waals surface area contributed by atoms with E-state index >= 15 is 4.39 Å². The number of piperidine rings is 1. The normalized spacial score (nSPS) is 19.4. The number of nitrogens with one attached hydrogen (secondary N) is 2. The Labute approximate surface area is 313 Å². The fourth-order valence-electron chi connectivity index (χ4n) is 7.00. The van der Waals surface area contributed by atoms with Crippen molar-refractivity contribution in [3.63, 3.8) is 0 Å². The van der Waals surface area contributed by atoms with Gasteiger partial charge in [-0.05, 0) is 85.2 Å². The first-order valence-electron chi connectivity index (χ1n) is 17.6. The SMILES string of the molecule is Cc1nc2c(F)cc(-c3nc(Nc4cnc(Sc5cnc(N6CCC7(CC6)CO[C@@H](C)[C@H]7N[S@](=O)C(C)(C)C)cn5)cn4)ncc3F)cc2n1C(C)C. The maximum absolute atomic E-state index is 15.1. The third-order valence-corrected chi connectivity index (χ3v) is 12.2. The molecule has 5 aromatic rings. The van der Waals surface area contributed by atoms with E-state index < -0.39 is 22.6 Å². The number of aryl methyl sites for hydroxylation is 1. The number of rotatable bonds is 9. The minimum Gasteiger partial charge on any atom is -0.376 e. The second kappa shape index (κ2) is 14.6. The fourth-order valence-corrected chi connectivity index (χ4v) is 8.66. The average Bonchev–Trinajstić information content (AvgIpc) is 3.62. The molecule has 2 aliphatic rings. The fraction of sp³-hybridized carbons (Fsp3) is 0.472. The van der Waals surface area contributed by atoms with Crippen LogP contribution < -0.4 is 14.9 Å². The standard InChI is InChI=1S/C36H43F2N11O2S2/c1-20(2)49-22(4)44-32-24(37)12-23(13-26(32)49)31-25(38)14-43-34(46-31)45-27-15-41-29(17-39-27)52-30-18-40-28(16-42-30)48-10-8-36(9-11-48)19-51-21(3)33(36)47-53(50)35(5,6)7/h12-18,20-21,33,47H,8-11,19H2,1-7H3,(H,39,43,45,46)/t21-,33+,53+/m0/s1. The van der Waals surface area contributed by atoms with Gasteiger partial charge in [0.25, 0.3) is 0 Å². The first-order chi connectivity index (χ1) is 25.2. The van der Waals surface area contributed by atoms with Crippen LogP contribution in [0.1, 0.15) is 66.3 Å². The number of benzene rings is 1. The Bertz CT molecular complexity index is 2140. The Balaban J connectivity index is 0.976. The summed E-state index contributed by atoms with van der Waals surface area (Å²) in [5.74, 6) is 0.642. The summed E-state index contributed by atoms with van der Waals surface area (Å²) >= 11 is 1.32. The molecule has 53 heavy (non-hydrogen) atoms. The van der Waals surface area contributed by atoms with Crippen molar-refractivity contribution in [2.75, 3.05) is 29.9 Å². The zero-order chi connectivity index (χ0) is 37.7. The van der Waals surface area contributed by atoms with Crippen LogP contribution in [-0.2, 0) is 15.7 Å². The van der Waals surface area contributed by atoms with Crippen molar-refractivity contribution in [3.05, 3.63) is 60.6 Å². The van der Waals surface area contributed by atoms with Gasteiger partial charge in [-0.1, -0.05) is 0 Å². The van der Waals surface area contributed by atoms with E-state index in [-0.39, 0.29) is 51.1 Å². The lowest BCUT2D eigenvalue weighted by Crippen LogP contribution is -2.55. The highest BCUT2D eigenvalue weighted by molar-refractivity contribution is 7.99. The minimum absolute atomic E-state index is 0.00868. The zero-order valence-electron chi connectivity index (χ0n) is 30.7. The van der Waals surface area contributed by atoms with Crippen LogP contribution in [-0.4, -0.2) is 80.3 Å². The topological polar surface area (TPSA) is 149 Å².